The van der Waals surface area contributed by atoms with Crippen LogP contribution in [0.1, 0.15) is 27.3 Å². The molecule has 5 rings (SSSR count). The van der Waals surface area contributed by atoms with Crippen LogP contribution < -0.4 is 4.74 Å². The van der Waals surface area contributed by atoms with Crippen molar-refractivity contribution in [1.82, 2.24) is 14.5 Å². The van der Waals surface area contributed by atoms with Gasteiger partial charge in [-0.05, 0) is 43.2 Å². The number of ether oxygens (including phenoxy) is 1. The number of fused-ring (bicyclic) bond motifs is 4. The Labute approximate surface area is 175 Å². The minimum Gasteiger partial charge on any atom is -0.497 e. The zero-order valence-corrected chi connectivity index (χ0v) is 17.7. The Morgan fingerprint density at radius 3 is 2.70 bits per heavy atom. The highest BCUT2D eigenvalue weighted by atomic mass is 16.5. The Morgan fingerprint density at radius 1 is 1.10 bits per heavy atom. The summed E-state index contributed by atoms with van der Waals surface area (Å²) in [5.74, 6) is 0.876. The highest BCUT2D eigenvalue weighted by molar-refractivity contribution is 6.33. The third-order valence-electron chi connectivity index (χ3n) is 6.32. The van der Waals surface area contributed by atoms with E-state index in [1.165, 1.54) is 5.56 Å². The second kappa shape index (κ2) is 6.80. The molecule has 4 aromatic rings. The molecule has 0 aliphatic carbocycles. The lowest BCUT2D eigenvalue weighted by atomic mass is 9.96. The van der Waals surface area contributed by atoms with Crippen molar-refractivity contribution >= 4 is 33.2 Å². The number of rotatable bonds is 3. The third kappa shape index (κ3) is 2.65. The van der Waals surface area contributed by atoms with Gasteiger partial charge in [0, 0.05) is 54.3 Å². The number of nitrogens with one attached hydrogen (secondary N) is 1. The van der Waals surface area contributed by atoms with Crippen molar-refractivity contribution in [2.24, 2.45) is 7.05 Å². The van der Waals surface area contributed by atoms with E-state index in [1.807, 2.05) is 57.6 Å². The second-order valence-electron chi connectivity index (χ2n) is 8.03. The summed E-state index contributed by atoms with van der Waals surface area (Å²) in [6.45, 7) is 2.87. The standard InChI is InChI=1S/C25H25N3O2/c1-15-23(18-7-5-6-8-22(18)28(15)3)25(29)20-14-27(2)12-11-17-19-13-16(30-4)9-10-21(19)26-24(17)20/h5-10,13-14,26H,11-12H2,1-4H3. The highest BCUT2D eigenvalue weighted by Crippen LogP contribution is 2.36. The first-order chi connectivity index (χ1) is 14.5. The van der Waals surface area contributed by atoms with Crippen LogP contribution in [0.4, 0.5) is 0 Å². The number of benzene rings is 2. The van der Waals surface area contributed by atoms with Crippen LogP contribution in [0.2, 0.25) is 0 Å². The number of aromatic amines is 1. The smallest absolute Gasteiger partial charge is 0.199 e. The van der Waals surface area contributed by atoms with Crippen LogP contribution >= 0.6 is 0 Å². The van der Waals surface area contributed by atoms with Crippen LogP contribution in [-0.4, -0.2) is 40.9 Å². The van der Waals surface area contributed by atoms with Crippen molar-refractivity contribution in [2.75, 3.05) is 20.7 Å². The van der Waals surface area contributed by atoms with E-state index in [2.05, 4.69) is 26.6 Å². The minimum absolute atomic E-state index is 0.0535. The SMILES string of the molecule is COc1ccc2[nH]c3c(c2c1)CCN(C)C=C3C(=O)c1c(C)n(C)c2ccccc12. The van der Waals surface area contributed by atoms with Crippen molar-refractivity contribution < 1.29 is 9.53 Å². The number of hydrogen-bond donors (Lipinski definition) is 1. The molecule has 0 atom stereocenters. The molecule has 152 valence electrons. The van der Waals surface area contributed by atoms with Crippen molar-refractivity contribution in [3.05, 3.63) is 71.2 Å². The molecule has 3 heterocycles. The predicted octanol–water partition coefficient (Wildman–Crippen LogP) is 4.69. The molecule has 5 nitrogen and oxygen atoms in total. The zero-order chi connectivity index (χ0) is 21.0. The summed E-state index contributed by atoms with van der Waals surface area (Å²) in [5, 5.41) is 2.11. The summed E-state index contributed by atoms with van der Waals surface area (Å²) in [5.41, 5.74) is 6.65. The summed E-state index contributed by atoms with van der Waals surface area (Å²) in [7, 11) is 5.72. The monoisotopic (exact) mass is 399 g/mol. The number of ketones is 1. The highest BCUT2D eigenvalue weighted by Gasteiger charge is 2.28. The van der Waals surface area contributed by atoms with Crippen LogP contribution in [0.25, 0.3) is 27.4 Å². The molecule has 0 unspecified atom stereocenters. The molecule has 0 saturated heterocycles. The van der Waals surface area contributed by atoms with Crippen LogP contribution in [0, 0.1) is 6.92 Å². The molecule has 0 amide bonds. The Hall–Kier alpha value is -3.47. The number of likely N-dealkylation sites (N-methyl/N-ethyl adjacent to an activating group) is 1. The normalized spacial score (nSPS) is 14.0. The lowest BCUT2D eigenvalue weighted by molar-refractivity contribution is 0.105. The predicted molar refractivity (Wildman–Crippen MR) is 121 cm³/mol. The van der Waals surface area contributed by atoms with Crippen LogP contribution in [0.5, 0.6) is 5.75 Å². The number of aryl methyl sites for hydroxylation is 1. The van der Waals surface area contributed by atoms with E-state index in [0.29, 0.717) is 5.57 Å². The number of methoxy groups -OCH3 is 1. The molecular weight excluding hydrogens is 374 g/mol. The Kier molecular flexibility index (Phi) is 4.21. The topological polar surface area (TPSA) is 50.3 Å². The van der Waals surface area contributed by atoms with Gasteiger partial charge in [-0.25, -0.2) is 0 Å². The van der Waals surface area contributed by atoms with E-state index in [9.17, 15) is 4.79 Å². The molecule has 1 N–H and O–H groups in total. The summed E-state index contributed by atoms with van der Waals surface area (Å²) < 4.78 is 7.53. The van der Waals surface area contributed by atoms with Crippen LogP contribution in [0.15, 0.2) is 48.7 Å². The van der Waals surface area contributed by atoms with E-state index in [1.54, 1.807) is 7.11 Å². The fourth-order valence-electron chi connectivity index (χ4n) is 4.60. The molecule has 0 saturated carbocycles. The molecule has 30 heavy (non-hydrogen) atoms. The molecule has 0 bridgehead atoms. The third-order valence-corrected chi connectivity index (χ3v) is 6.32. The van der Waals surface area contributed by atoms with Gasteiger partial charge in [0.05, 0.1) is 23.9 Å². The number of H-pyrrole nitrogens is 1. The maximum absolute atomic E-state index is 14.0. The van der Waals surface area contributed by atoms with Crippen molar-refractivity contribution in [2.45, 2.75) is 13.3 Å². The van der Waals surface area contributed by atoms with Gasteiger partial charge in [-0.3, -0.25) is 4.79 Å². The van der Waals surface area contributed by atoms with Gasteiger partial charge in [0.1, 0.15) is 5.75 Å². The Bertz CT molecular complexity index is 1340. The van der Waals surface area contributed by atoms with Gasteiger partial charge in [-0.2, -0.15) is 0 Å². The number of nitrogens with zero attached hydrogens (tertiary/aromatic N) is 2. The lowest BCUT2D eigenvalue weighted by Crippen LogP contribution is -2.14. The Balaban J connectivity index is 1.74. The van der Waals surface area contributed by atoms with Gasteiger partial charge < -0.3 is 19.2 Å². The second-order valence-corrected chi connectivity index (χ2v) is 8.03. The summed E-state index contributed by atoms with van der Waals surface area (Å²) in [6, 6.07) is 14.1. The van der Waals surface area contributed by atoms with Gasteiger partial charge in [-0.1, -0.05) is 18.2 Å². The average Bonchev–Trinajstić information content (AvgIpc) is 3.18. The fraction of sp³-hybridized carbons (Fsp3) is 0.240. The summed E-state index contributed by atoms with van der Waals surface area (Å²) in [6.07, 6.45) is 2.85. The molecule has 2 aromatic heterocycles. The van der Waals surface area contributed by atoms with Gasteiger partial charge >= 0.3 is 0 Å². The lowest BCUT2D eigenvalue weighted by Gasteiger charge is -2.12. The zero-order valence-electron chi connectivity index (χ0n) is 17.7. The number of carbonyl (C=O) groups is 1. The number of para-hydroxylation sites is 1. The molecule has 1 aliphatic rings. The summed E-state index contributed by atoms with van der Waals surface area (Å²) >= 11 is 0. The van der Waals surface area contributed by atoms with E-state index in [4.69, 9.17) is 4.74 Å². The summed E-state index contributed by atoms with van der Waals surface area (Å²) in [4.78, 5) is 19.6. The van der Waals surface area contributed by atoms with Crippen molar-refractivity contribution in [3.63, 3.8) is 0 Å². The fourth-order valence-corrected chi connectivity index (χ4v) is 4.60. The molecule has 0 radical (unpaired) electrons. The van der Waals surface area contributed by atoms with Crippen LogP contribution in [-0.2, 0) is 13.5 Å². The first-order valence-electron chi connectivity index (χ1n) is 10.2. The van der Waals surface area contributed by atoms with E-state index >= 15 is 0 Å². The molecule has 5 heteroatoms. The first-order valence-corrected chi connectivity index (χ1v) is 10.2. The van der Waals surface area contributed by atoms with Gasteiger partial charge in [0.25, 0.3) is 0 Å². The van der Waals surface area contributed by atoms with Crippen LogP contribution in [0.3, 0.4) is 0 Å². The average molecular weight is 399 g/mol. The van der Waals surface area contributed by atoms with E-state index in [0.717, 1.165) is 57.5 Å². The number of aromatic nitrogens is 2. The van der Waals surface area contributed by atoms with Crippen molar-refractivity contribution in [3.8, 4) is 5.75 Å². The van der Waals surface area contributed by atoms with Gasteiger partial charge in [0.2, 0.25) is 0 Å². The maximum atomic E-state index is 14.0. The molecule has 1 aliphatic heterocycles. The number of Topliss-reactive ketones (excluding diaryl/α,β-unsaturated/α-hetero) is 1. The Morgan fingerprint density at radius 2 is 1.90 bits per heavy atom. The number of carbonyl (C=O) groups excluding carboxylic acids is 1. The maximum Gasteiger partial charge on any atom is 0.199 e. The minimum atomic E-state index is 0.0535. The molecule has 2 aromatic carbocycles. The molecular formula is C25H25N3O2. The quantitative estimate of drug-likeness (QED) is 0.509. The number of hydrogen-bond acceptors (Lipinski definition) is 3. The van der Waals surface area contributed by atoms with E-state index in [-0.39, 0.29) is 5.78 Å². The first kappa shape index (κ1) is 18.6. The molecule has 0 fully saturated rings. The number of allylic oxidation sites excluding steroid dienone is 1. The largest absolute Gasteiger partial charge is 0.497 e. The van der Waals surface area contributed by atoms with Crippen molar-refractivity contribution in [1.29, 1.82) is 0 Å². The molecule has 0 spiro atoms. The van der Waals surface area contributed by atoms with Gasteiger partial charge in [0.15, 0.2) is 5.78 Å². The van der Waals surface area contributed by atoms with Gasteiger partial charge in [-0.15, -0.1) is 0 Å². The van der Waals surface area contributed by atoms with E-state index < -0.39 is 0 Å².